The average Bonchev–Trinajstić information content (AvgIpc) is 2.92. The van der Waals surface area contributed by atoms with Crippen molar-refractivity contribution >= 4 is 21.4 Å². The summed E-state index contributed by atoms with van der Waals surface area (Å²) in [5.41, 5.74) is 1.41. The number of aliphatic hydroxyl groups is 1. The first-order chi connectivity index (χ1) is 9.97. The summed E-state index contributed by atoms with van der Waals surface area (Å²) in [5, 5.41) is 10.8. The maximum atomic E-state index is 13.8. The second-order valence-corrected chi connectivity index (χ2v) is 7.21. The molecule has 2 rings (SSSR count). The van der Waals surface area contributed by atoms with E-state index in [1.165, 1.54) is 23.5 Å². The zero-order valence-corrected chi connectivity index (χ0v) is 13.1. The summed E-state index contributed by atoms with van der Waals surface area (Å²) in [6.07, 6.45) is 0.820. The second-order valence-electron chi connectivity index (χ2n) is 4.47. The normalized spacial score (nSPS) is 11.8. The Kier molecular flexibility index (Phi) is 5.10. The highest BCUT2D eigenvalue weighted by Gasteiger charge is 2.19. The van der Waals surface area contributed by atoms with Gasteiger partial charge in [-0.1, -0.05) is 13.0 Å². The van der Waals surface area contributed by atoms with Crippen LogP contribution >= 0.6 is 11.3 Å². The van der Waals surface area contributed by atoms with Gasteiger partial charge in [0, 0.05) is 11.4 Å². The fourth-order valence-corrected chi connectivity index (χ4v) is 4.00. The van der Waals surface area contributed by atoms with Crippen LogP contribution in [0.1, 0.15) is 22.9 Å². The van der Waals surface area contributed by atoms with Crippen molar-refractivity contribution in [1.29, 1.82) is 0 Å². The highest BCUT2D eigenvalue weighted by atomic mass is 32.2. The van der Waals surface area contributed by atoms with E-state index in [1.807, 2.05) is 18.4 Å². The van der Waals surface area contributed by atoms with Crippen LogP contribution in [0, 0.1) is 5.82 Å². The van der Waals surface area contributed by atoms with Crippen molar-refractivity contribution in [1.82, 2.24) is 4.72 Å². The fourth-order valence-electron chi connectivity index (χ4n) is 1.94. The van der Waals surface area contributed by atoms with Crippen LogP contribution in [0.3, 0.4) is 0 Å². The molecule has 0 spiro atoms. The molecule has 114 valence electrons. The van der Waals surface area contributed by atoms with Crippen molar-refractivity contribution in [3.05, 3.63) is 51.5 Å². The van der Waals surface area contributed by atoms with Crippen molar-refractivity contribution in [3.63, 3.8) is 0 Å². The Bertz CT molecular complexity index is 726. The molecule has 0 aliphatic carbocycles. The third-order valence-corrected chi connectivity index (χ3v) is 5.51. The summed E-state index contributed by atoms with van der Waals surface area (Å²) >= 11 is 1.47. The third-order valence-electron chi connectivity index (χ3n) is 3.11. The van der Waals surface area contributed by atoms with Crippen LogP contribution in [0.4, 0.5) is 4.39 Å². The van der Waals surface area contributed by atoms with E-state index in [2.05, 4.69) is 4.72 Å². The molecule has 0 unspecified atom stereocenters. The molecule has 0 fully saturated rings. The van der Waals surface area contributed by atoms with Crippen LogP contribution in [0.5, 0.6) is 0 Å². The fraction of sp³-hybridized carbons (Fsp3) is 0.286. The lowest BCUT2D eigenvalue weighted by atomic mass is 10.2. The molecule has 0 saturated heterocycles. The van der Waals surface area contributed by atoms with E-state index >= 15 is 0 Å². The third kappa shape index (κ3) is 3.68. The van der Waals surface area contributed by atoms with Crippen LogP contribution in [0.2, 0.25) is 0 Å². The van der Waals surface area contributed by atoms with E-state index in [9.17, 15) is 12.8 Å². The molecule has 1 aromatic carbocycles. The number of hydrogen-bond donors (Lipinski definition) is 2. The van der Waals surface area contributed by atoms with Crippen molar-refractivity contribution in [2.75, 3.05) is 0 Å². The van der Waals surface area contributed by atoms with E-state index < -0.39 is 20.7 Å². The van der Waals surface area contributed by atoms with Gasteiger partial charge in [-0.05, 0) is 41.1 Å². The molecule has 7 heteroatoms. The van der Waals surface area contributed by atoms with Gasteiger partial charge >= 0.3 is 0 Å². The standard InChI is InChI=1S/C14H16FNO3S2/c1-2-11-5-6-20-13(11)8-16-21(18,19)14-4-3-10(9-17)7-12(14)15/h3-7,16-17H,2,8-9H2,1H3. The Morgan fingerprint density at radius 3 is 2.71 bits per heavy atom. The van der Waals surface area contributed by atoms with Crippen LogP contribution in [0.15, 0.2) is 34.5 Å². The molecule has 0 atom stereocenters. The smallest absolute Gasteiger partial charge is 0.243 e. The monoisotopic (exact) mass is 329 g/mol. The molecule has 0 bridgehead atoms. The molecule has 0 radical (unpaired) electrons. The SMILES string of the molecule is CCc1ccsc1CNS(=O)(=O)c1ccc(CO)cc1F. The topological polar surface area (TPSA) is 66.4 Å². The lowest BCUT2D eigenvalue weighted by Gasteiger charge is -2.08. The first kappa shape index (κ1) is 16.1. The molecule has 1 heterocycles. The average molecular weight is 329 g/mol. The minimum atomic E-state index is -3.92. The maximum Gasteiger partial charge on any atom is 0.243 e. The first-order valence-corrected chi connectivity index (χ1v) is 8.78. The van der Waals surface area contributed by atoms with Gasteiger partial charge in [0.1, 0.15) is 10.7 Å². The lowest BCUT2D eigenvalue weighted by Crippen LogP contribution is -2.24. The van der Waals surface area contributed by atoms with Crippen LogP contribution in [0.25, 0.3) is 0 Å². The summed E-state index contributed by atoms with van der Waals surface area (Å²) < 4.78 is 40.5. The predicted molar refractivity (Wildman–Crippen MR) is 80.0 cm³/mol. The Morgan fingerprint density at radius 2 is 2.10 bits per heavy atom. The highest BCUT2D eigenvalue weighted by Crippen LogP contribution is 2.20. The highest BCUT2D eigenvalue weighted by molar-refractivity contribution is 7.89. The summed E-state index contributed by atoms with van der Waals surface area (Å²) in [6, 6.07) is 5.53. The molecule has 21 heavy (non-hydrogen) atoms. The number of aliphatic hydroxyl groups excluding tert-OH is 1. The Hall–Kier alpha value is -1.28. The molecule has 0 aliphatic rings. The van der Waals surface area contributed by atoms with E-state index in [0.29, 0.717) is 5.56 Å². The number of benzene rings is 1. The molecule has 2 N–H and O–H groups in total. The van der Waals surface area contributed by atoms with E-state index in [1.54, 1.807) is 0 Å². The number of nitrogens with one attached hydrogen (secondary N) is 1. The molecule has 0 saturated carbocycles. The maximum absolute atomic E-state index is 13.8. The minimum Gasteiger partial charge on any atom is -0.392 e. The van der Waals surface area contributed by atoms with E-state index in [4.69, 9.17) is 5.11 Å². The van der Waals surface area contributed by atoms with Gasteiger partial charge in [-0.25, -0.2) is 17.5 Å². The van der Waals surface area contributed by atoms with Gasteiger partial charge in [0.25, 0.3) is 0 Å². The largest absolute Gasteiger partial charge is 0.392 e. The van der Waals surface area contributed by atoms with Crippen LogP contribution in [-0.4, -0.2) is 13.5 Å². The first-order valence-electron chi connectivity index (χ1n) is 6.42. The van der Waals surface area contributed by atoms with Gasteiger partial charge in [0.2, 0.25) is 10.0 Å². The number of aryl methyl sites for hydroxylation is 1. The van der Waals surface area contributed by atoms with Crippen molar-refractivity contribution in [2.45, 2.75) is 31.4 Å². The molecule has 0 amide bonds. The van der Waals surface area contributed by atoms with Gasteiger partial charge in [-0.15, -0.1) is 11.3 Å². The van der Waals surface area contributed by atoms with E-state index in [-0.39, 0.29) is 13.2 Å². The van der Waals surface area contributed by atoms with Crippen molar-refractivity contribution < 1.29 is 17.9 Å². The molecule has 1 aromatic heterocycles. The molecule has 0 aliphatic heterocycles. The molecular formula is C14H16FNO3S2. The quantitative estimate of drug-likeness (QED) is 0.855. The van der Waals surface area contributed by atoms with E-state index in [0.717, 1.165) is 22.9 Å². The molecule has 4 nitrogen and oxygen atoms in total. The number of thiophene rings is 1. The number of sulfonamides is 1. The second kappa shape index (κ2) is 6.65. The van der Waals surface area contributed by atoms with Crippen molar-refractivity contribution in [3.8, 4) is 0 Å². The number of hydrogen-bond acceptors (Lipinski definition) is 4. The van der Waals surface area contributed by atoms with Crippen molar-refractivity contribution in [2.24, 2.45) is 0 Å². The Morgan fingerprint density at radius 1 is 1.33 bits per heavy atom. The zero-order valence-electron chi connectivity index (χ0n) is 11.5. The molecule has 2 aromatic rings. The Balaban J connectivity index is 2.19. The van der Waals surface area contributed by atoms with Gasteiger partial charge in [-0.3, -0.25) is 0 Å². The van der Waals surface area contributed by atoms with Gasteiger partial charge < -0.3 is 5.11 Å². The van der Waals surface area contributed by atoms with Crippen LogP contribution < -0.4 is 4.72 Å². The molecular weight excluding hydrogens is 313 g/mol. The van der Waals surface area contributed by atoms with Gasteiger partial charge in [0.05, 0.1) is 6.61 Å². The number of rotatable bonds is 6. The Labute approximate surface area is 127 Å². The summed E-state index contributed by atoms with van der Waals surface area (Å²) in [5.74, 6) is -0.865. The zero-order chi connectivity index (χ0) is 15.5. The van der Waals surface area contributed by atoms with Gasteiger partial charge in [-0.2, -0.15) is 0 Å². The summed E-state index contributed by atoms with van der Waals surface area (Å²) in [7, 11) is -3.92. The minimum absolute atomic E-state index is 0.143. The lowest BCUT2D eigenvalue weighted by molar-refractivity contribution is 0.281. The summed E-state index contributed by atoms with van der Waals surface area (Å²) in [6.45, 7) is 1.80. The van der Waals surface area contributed by atoms with Crippen LogP contribution in [-0.2, 0) is 29.6 Å². The van der Waals surface area contributed by atoms with Gasteiger partial charge in [0.15, 0.2) is 0 Å². The number of halogens is 1. The summed E-state index contributed by atoms with van der Waals surface area (Å²) in [4.78, 5) is 0.516. The predicted octanol–water partition coefficient (Wildman–Crippen LogP) is 2.42.